The summed E-state index contributed by atoms with van der Waals surface area (Å²) in [7, 11) is -2.51. The molecule has 2 rings (SSSR count). The first-order chi connectivity index (χ1) is 8.93. The number of hydrogen-bond acceptors (Lipinski definition) is 2. The molecule has 100 valence electrons. The van der Waals surface area contributed by atoms with Gasteiger partial charge in [0, 0.05) is 11.5 Å². The highest BCUT2D eigenvalue weighted by Crippen LogP contribution is 2.25. The summed E-state index contributed by atoms with van der Waals surface area (Å²) >= 11 is 3.10. The van der Waals surface area contributed by atoms with Crippen LogP contribution < -0.4 is 4.31 Å². The van der Waals surface area contributed by atoms with Crippen molar-refractivity contribution >= 4 is 31.6 Å². The zero-order valence-corrected chi connectivity index (χ0v) is 12.4. The van der Waals surface area contributed by atoms with Gasteiger partial charge < -0.3 is 0 Å². The summed E-state index contributed by atoms with van der Waals surface area (Å²) in [5, 5.41) is 0. The highest BCUT2D eigenvalue weighted by atomic mass is 79.9. The second-order valence-corrected chi connectivity index (χ2v) is 6.74. The molecule has 0 aliphatic heterocycles. The molecule has 0 saturated carbocycles. The van der Waals surface area contributed by atoms with Crippen LogP contribution in [0.15, 0.2) is 57.9 Å². The van der Waals surface area contributed by atoms with Crippen molar-refractivity contribution in [3.63, 3.8) is 0 Å². The average molecular weight is 344 g/mol. The van der Waals surface area contributed by atoms with E-state index in [4.69, 9.17) is 0 Å². The molecule has 2 aromatic rings. The number of halogens is 2. The van der Waals surface area contributed by atoms with Crippen LogP contribution >= 0.6 is 15.9 Å². The van der Waals surface area contributed by atoms with Gasteiger partial charge in [-0.2, -0.15) is 0 Å². The van der Waals surface area contributed by atoms with Crippen LogP contribution in [-0.4, -0.2) is 15.5 Å². The molecule has 0 amide bonds. The number of anilines is 1. The van der Waals surface area contributed by atoms with Crippen molar-refractivity contribution in [3.8, 4) is 0 Å². The molecule has 0 heterocycles. The standard InChI is InChI=1S/C13H11BrFNO2S/c1-16(11-5-3-2-4-6-11)19(17,18)13-8-7-10(14)9-12(13)15/h2-9H,1H3. The minimum Gasteiger partial charge on any atom is -0.269 e. The molecule has 0 spiro atoms. The molecular formula is C13H11BrFNO2S. The number of benzene rings is 2. The molecule has 0 aliphatic carbocycles. The molecular weight excluding hydrogens is 333 g/mol. The van der Waals surface area contributed by atoms with Crippen LogP contribution in [0.2, 0.25) is 0 Å². The summed E-state index contributed by atoms with van der Waals surface area (Å²) in [6.07, 6.45) is 0. The van der Waals surface area contributed by atoms with Gasteiger partial charge in [-0.25, -0.2) is 12.8 Å². The van der Waals surface area contributed by atoms with Crippen LogP contribution in [0.3, 0.4) is 0 Å². The van der Waals surface area contributed by atoms with Crippen LogP contribution in [0.1, 0.15) is 0 Å². The second kappa shape index (κ2) is 5.30. The van der Waals surface area contributed by atoms with E-state index in [1.807, 2.05) is 0 Å². The molecule has 0 unspecified atom stereocenters. The Balaban J connectivity index is 2.48. The van der Waals surface area contributed by atoms with Crippen molar-refractivity contribution in [2.45, 2.75) is 4.90 Å². The van der Waals surface area contributed by atoms with Gasteiger partial charge in [0.25, 0.3) is 10.0 Å². The van der Waals surface area contributed by atoms with Gasteiger partial charge in [0.2, 0.25) is 0 Å². The maximum Gasteiger partial charge on any atom is 0.266 e. The van der Waals surface area contributed by atoms with Gasteiger partial charge in [-0.1, -0.05) is 34.1 Å². The zero-order chi connectivity index (χ0) is 14.0. The van der Waals surface area contributed by atoms with Crippen LogP contribution in [0.5, 0.6) is 0 Å². The maximum absolute atomic E-state index is 13.8. The molecule has 0 aliphatic rings. The summed E-state index contributed by atoms with van der Waals surface area (Å²) < 4.78 is 40.0. The lowest BCUT2D eigenvalue weighted by atomic mass is 10.3. The first-order valence-corrected chi connectivity index (χ1v) is 7.65. The predicted molar refractivity (Wildman–Crippen MR) is 76.1 cm³/mol. The Morgan fingerprint density at radius 3 is 2.32 bits per heavy atom. The molecule has 6 heteroatoms. The van der Waals surface area contributed by atoms with E-state index in [-0.39, 0.29) is 4.90 Å². The van der Waals surface area contributed by atoms with Crippen molar-refractivity contribution in [3.05, 3.63) is 58.8 Å². The molecule has 2 aromatic carbocycles. The van der Waals surface area contributed by atoms with Crippen molar-refractivity contribution < 1.29 is 12.8 Å². The molecule has 0 saturated heterocycles. The molecule has 0 atom stereocenters. The van der Waals surface area contributed by atoms with Gasteiger partial charge in [-0.05, 0) is 30.3 Å². The normalized spacial score (nSPS) is 11.3. The van der Waals surface area contributed by atoms with Crippen LogP contribution in [0.25, 0.3) is 0 Å². The molecule has 0 fully saturated rings. The lowest BCUT2D eigenvalue weighted by Crippen LogP contribution is -2.27. The SMILES string of the molecule is CN(c1ccccc1)S(=O)(=O)c1ccc(Br)cc1F. The fraction of sp³-hybridized carbons (Fsp3) is 0.0769. The van der Waals surface area contributed by atoms with Crippen LogP contribution in [0, 0.1) is 5.82 Å². The van der Waals surface area contributed by atoms with E-state index >= 15 is 0 Å². The van der Waals surface area contributed by atoms with Gasteiger partial charge in [-0.15, -0.1) is 0 Å². The largest absolute Gasteiger partial charge is 0.269 e. The van der Waals surface area contributed by atoms with Gasteiger partial charge in [0.1, 0.15) is 10.7 Å². The van der Waals surface area contributed by atoms with E-state index in [1.54, 1.807) is 30.3 Å². The maximum atomic E-state index is 13.8. The van der Waals surface area contributed by atoms with Crippen molar-refractivity contribution in [2.75, 3.05) is 11.4 Å². The van der Waals surface area contributed by atoms with Gasteiger partial charge in [0.15, 0.2) is 0 Å². The third kappa shape index (κ3) is 2.79. The van der Waals surface area contributed by atoms with E-state index in [1.165, 1.54) is 19.2 Å². The lowest BCUT2D eigenvalue weighted by molar-refractivity contribution is 0.565. The number of rotatable bonds is 3. The predicted octanol–water partition coefficient (Wildman–Crippen LogP) is 3.41. The third-order valence-corrected chi connectivity index (χ3v) is 4.96. The van der Waals surface area contributed by atoms with Crippen molar-refractivity contribution in [1.29, 1.82) is 0 Å². The van der Waals surface area contributed by atoms with Crippen molar-refractivity contribution in [2.24, 2.45) is 0 Å². The Hall–Kier alpha value is -1.40. The number of nitrogens with zero attached hydrogens (tertiary/aromatic N) is 1. The molecule has 3 nitrogen and oxygen atoms in total. The minimum absolute atomic E-state index is 0.345. The van der Waals surface area contributed by atoms with E-state index in [2.05, 4.69) is 15.9 Å². The van der Waals surface area contributed by atoms with Crippen molar-refractivity contribution in [1.82, 2.24) is 0 Å². The topological polar surface area (TPSA) is 37.4 Å². The minimum atomic E-state index is -3.90. The number of para-hydroxylation sites is 1. The summed E-state index contributed by atoms with van der Waals surface area (Å²) in [4.78, 5) is -0.345. The summed E-state index contributed by atoms with van der Waals surface area (Å²) in [6.45, 7) is 0. The Labute approximate surface area is 119 Å². The summed E-state index contributed by atoms with van der Waals surface area (Å²) in [6, 6.07) is 12.4. The lowest BCUT2D eigenvalue weighted by Gasteiger charge is -2.19. The molecule has 19 heavy (non-hydrogen) atoms. The monoisotopic (exact) mass is 343 g/mol. The average Bonchev–Trinajstić information content (AvgIpc) is 2.38. The fourth-order valence-corrected chi connectivity index (χ4v) is 3.18. The smallest absolute Gasteiger partial charge is 0.266 e. The zero-order valence-electron chi connectivity index (χ0n) is 10.0. The van der Waals surface area contributed by atoms with Gasteiger partial charge >= 0.3 is 0 Å². The number of sulfonamides is 1. The molecule has 0 N–H and O–H groups in total. The Kier molecular flexibility index (Phi) is 3.91. The molecule has 0 bridgehead atoms. The van der Waals surface area contributed by atoms with Gasteiger partial charge in [0.05, 0.1) is 5.69 Å². The Morgan fingerprint density at radius 1 is 1.11 bits per heavy atom. The highest BCUT2D eigenvalue weighted by Gasteiger charge is 2.24. The van der Waals surface area contributed by atoms with Gasteiger partial charge in [-0.3, -0.25) is 4.31 Å². The molecule has 0 radical (unpaired) electrons. The molecule has 0 aromatic heterocycles. The van der Waals surface area contributed by atoms with Crippen LogP contribution in [-0.2, 0) is 10.0 Å². The summed E-state index contributed by atoms with van der Waals surface area (Å²) in [5.41, 5.74) is 0.477. The Bertz CT molecular complexity index is 689. The Morgan fingerprint density at radius 2 is 1.74 bits per heavy atom. The summed E-state index contributed by atoms with van der Waals surface area (Å²) in [5.74, 6) is -0.780. The van der Waals surface area contributed by atoms with E-state index in [0.29, 0.717) is 10.2 Å². The second-order valence-electron chi connectivity index (χ2n) is 3.88. The first kappa shape index (κ1) is 14.0. The third-order valence-electron chi connectivity index (χ3n) is 2.65. The first-order valence-electron chi connectivity index (χ1n) is 5.42. The number of hydrogen-bond donors (Lipinski definition) is 0. The van der Waals surface area contributed by atoms with E-state index in [0.717, 1.165) is 10.4 Å². The highest BCUT2D eigenvalue weighted by molar-refractivity contribution is 9.10. The van der Waals surface area contributed by atoms with Crippen LogP contribution in [0.4, 0.5) is 10.1 Å². The quantitative estimate of drug-likeness (QED) is 0.856. The van der Waals surface area contributed by atoms with E-state index in [9.17, 15) is 12.8 Å². The fourth-order valence-electron chi connectivity index (χ4n) is 1.61. The van der Waals surface area contributed by atoms with E-state index < -0.39 is 15.8 Å².